The molecular weight excluding hydrogens is 261 g/mol. The van der Waals surface area contributed by atoms with E-state index in [1.165, 1.54) is 24.3 Å². The molecule has 0 fully saturated rings. The van der Waals surface area contributed by atoms with Gasteiger partial charge in [0.25, 0.3) is 5.91 Å². The van der Waals surface area contributed by atoms with Crippen molar-refractivity contribution in [2.24, 2.45) is 0 Å². The summed E-state index contributed by atoms with van der Waals surface area (Å²) in [5.41, 5.74) is 0. The second kappa shape index (κ2) is 6.75. The van der Waals surface area contributed by atoms with Crippen molar-refractivity contribution < 1.29 is 18.3 Å². The molecule has 0 saturated heterocycles. The minimum absolute atomic E-state index is 0.0505. The molecule has 0 aliphatic heterocycles. The number of nitrogens with one attached hydrogen (secondary N) is 1. The van der Waals surface area contributed by atoms with Crippen LogP contribution in [0.2, 0.25) is 0 Å². The van der Waals surface area contributed by atoms with Gasteiger partial charge < -0.3 is 14.5 Å². The molecule has 0 aliphatic rings. The first-order valence-electron chi connectivity index (χ1n) is 6.33. The van der Waals surface area contributed by atoms with Gasteiger partial charge >= 0.3 is 0 Å². The maximum absolute atomic E-state index is 12.7. The Morgan fingerprint density at radius 3 is 2.75 bits per heavy atom. The van der Waals surface area contributed by atoms with Crippen LogP contribution >= 0.6 is 0 Å². The monoisotopic (exact) mass is 277 g/mol. The van der Waals surface area contributed by atoms with E-state index in [1.54, 1.807) is 6.26 Å². The zero-order valence-electron chi connectivity index (χ0n) is 11.1. The van der Waals surface area contributed by atoms with Crippen LogP contribution in [0, 0.1) is 5.82 Å². The minimum atomic E-state index is -0.339. The van der Waals surface area contributed by atoms with Crippen LogP contribution in [0.1, 0.15) is 12.7 Å². The fraction of sp³-hybridized carbons (Fsp3) is 0.267. The number of ether oxygens (including phenoxy) is 1. The number of carbonyl (C=O) groups excluding carboxylic acids is 1. The molecule has 1 unspecified atom stereocenters. The maximum Gasteiger partial charge on any atom is 0.258 e. The van der Waals surface area contributed by atoms with Crippen LogP contribution in [0.4, 0.5) is 4.39 Å². The second-order valence-corrected chi connectivity index (χ2v) is 4.49. The third-order valence-corrected chi connectivity index (χ3v) is 2.68. The predicted molar refractivity (Wildman–Crippen MR) is 71.9 cm³/mol. The standard InChI is InChI=1S/C15H16FNO3/c1-11(9-14-3-2-8-19-14)17-15(18)10-20-13-6-4-12(16)5-7-13/h2-8,11H,9-10H2,1H3,(H,17,18). The summed E-state index contributed by atoms with van der Waals surface area (Å²) in [5, 5.41) is 2.80. The Labute approximate surface area is 116 Å². The predicted octanol–water partition coefficient (Wildman–Crippen LogP) is 2.54. The van der Waals surface area contributed by atoms with Gasteiger partial charge in [-0.05, 0) is 43.3 Å². The summed E-state index contributed by atoms with van der Waals surface area (Å²) in [6.07, 6.45) is 2.22. The summed E-state index contributed by atoms with van der Waals surface area (Å²) in [5.74, 6) is 0.708. The largest absolute Gasteiger partial charge is 0.484 e. The molecule has 1 aromatic heterocycles. The number of halogens is 1. The summed E-state index contributed by atoms with van der Waals surface area (Å²) < 4.78 is 23.2. The lowest BCUT2D eigenvalue weighted by Gasteiger charge is -2.13. The zero-order valence-corrected chi connectivity index (χ0v) is 11.1. The molecule has 1 N–H and O–H groups in total. The fourth-order valence-electron chi connectivity index (χ4n) is 1.78. The van der Waals surface area contributed by atoms with Gasteiger partial charge in [-0.15, -0.1) is 0 Å². The van der Waals surface area contributed by atoms with Crippen molar-refractivity contribution in [1.29, 1.82) is 0 Å². The quantitative estimate of drug-likeness (QED) is 0.882. The Morgan fingerprint density at radius 1 is 1.35 bits per heavy atom. The van der Waals surface area contributed by atoms with Gasteiger partial charge in [-0.3, -0.25) is 4.79 Å². The Kier molecular flexibility index (Phi) is 4.76. The van der Waals surface area contributed by atoms with E-state index in [-0.39, 0.29) is 24.4 Å². The van der Waals surface area contributed by atoms with E-state index in [2.05, 4.69) is 5.32 Å². The van der Waals surface area contributed by atoms with Crippen LogP contribution in [0.3, 0.4) is 0 Å². The third kappa shape index (κ3) is 4.42. The number of carbonyl (C=O) groups is 1. The van der Waals surface area contributed by atoms with Crippen LogP contribution in [0.5, 0.6) is 5.75 Å². The van der Waals surface area contributed by atoms with E-state index in [1.807, 2.05) is 19.1 Å². The van der Waals surface area contributed by atoms with Gasteiger partial charge in [0.2, 0.25) is 0 Å². The number of rotatable bonds is 6. The summed E-state index contributed by atoms with van der Waals surface area (Å²) in [4.78, 5) is 11.7. The van der Waals surface area contributed by atoms with Crippen molar-refractivity contribution >= 4 is 5.91 Å². The van der Waals surface area contributed by atoms with Crippen molar-refractivity contribution in [1.82, 2.24) is 5.32 Å². The zero-order chi connectivity index (χ0) is 14.4. The molecule has 106 valence electrons. The first-order valence-corrected chi connectivity index (χ1v) is 6.33. The molecule has 2 rings (SSSR count). The topological polar surface area (TPSA) is 51.5 Å². The lowest BCUT2D eigenvalue weighted by atomic mass is 10.2. The van der Waals surface area contributed by atoms with Gasteiger partial charge in [0, 0.05) is 12.5 Å². The maximum atomic E-state index is 12.7. The SMILES string of the molecule is CC(Cc1ccco1)NC(=O)COc1ccc(F)cc1. The van der Waals surface area contributed by atoms with Crippen molar-refractivity contribution in [3.05, 3.63) is 54.2 Å². The summed E-state index contributed by atoms with van der Waals surface area (Å²) in [6, 6.07) is 9.15. The van der Waals surface area contributed by atoms with Crippen molar-refractivity contribution in [3.8, 4) is 5.75 Å². The molecule has 0 aliphatic carbocycles. The van der Waals surface area contributed by atoms with E-state index < -0.39 is 0 Å². The van der Waals surface area contributed by atoms with Crippen LogP contribution in [-0.2, 0) is 11.2 Å². The van der Waals surface area contributed by atoms with Gasteiger partial charge in [0.05, 0.1) is 6.26 Å². The molecule has 0 bridgehead atoms. The van der Waals surface area contributed by atoms with Crippen LogP contribution in [-0.4, -0.2) is 18.6 Å². The van der Waals surface area contributed by atoms with Gasteiger partial charge in [0.15, 0.2) is 6.61 Å². The average Bonchev–Trinajstić information content (AvgIpc) is 2.90. The minimum Gasteiger partial charge on any atom is -0.484 e. The Hall–Kier alpha value is -2.30. The molecule has 1 atom stereocenters. The highest BCUT2D eigenvalue weighted by molar-refractivity contribution is 5.77. The van der Waals surface area contributed by atoms with Gasteiger partial charge in [-0.25, -0.2) is 4.39 Å². The second-order valence-electron chi connectivity index (χ2n) is 4.49. The molecule has 1 heterocycles. The Bertz CT molecular complexity index is 537. The molecule has 0 radical (unpaired) electrons. The highest BCUT2D eigenvalue weighted by Crippen LogP contribution is 2.10. The van der Waals surface area contributed by atoms with Gasteiger partial charge in [-0.2, -0.15) is 0 Å². The number of benzene rings is 1. The summed E-state index contributed by atoms with van der Waals surface area (Å²) in [6.45, 7) is 1.78. The third-order valence-electron chi connectivity index (χ3n) is 2.68. The van der Waals surface area contributed by atoms with E-state index in [0.29, 0.717) is 12.2 Å². The first kappa shape index (κ1) is 14.1. The smallest absolute Gasteiger partial charge is 0.258 e. The highest BCUT2D eigenvalue weighted by Gasteiger charge is 2.10. The lowest BCUT2D eigenvalue weighted by Crippen LogP contribution is -2.37. The molecule has 0 saturated carbocycles. The number of hydrogen-bond donors (Lipinski definition) is 1. The molecule has 20 heavy (non-hydrogen) atoms. The highest BCUT2D eigenvalue weighted by atomic mass is 19.1. The number of furan rings is 1. The first-order chi connectivity index (χ1) is 9.63. The normalized spacial score (nSPS) is 11.9. The van der Waals surface area contributed by atoms with Crippen molar-refractivity contribution in [2.75, 3.05) is 6.61 Å². The Balaban J connectivity index is 1.73. The van der Waals surface area contributed by atoms with Crippen molar-refractivity contribution in [2.45, 2.75) is 19.4 Å². The van der Waals surface area contributed by atoms with E-state index in [0.717, 1.165) is 5.76 Å². The van der Waals surface area contributed by atoms with Gasteiger partial charge in [0.1, 0.15) is 17.3 Å². The molecule has 5 heteroatoms. The van der Waals surface area contributed by atoms with Crippen LogP contribution in [0.15, 0.2) is 47.1 Å². The van der Waals surface area contributed by atoms with Gasteiger partial charge in [-0.1, -0.05) is 0 Å². The molecule has 0 spiro atoms. The summed E-state index contributed by atoms with van der Waals surface area (Å²) in [7, 11) is 0. The van der Waals surface area contributed by atoms with Crippen molar-refractivity contribution in [3.63, 3.8) is 0 Å². The number of amides is 1. The molecule has 1 amide bonds. The lowest BCUT2D eigenvalue weighted by molar-refractivity contribution is -0.123. The molecule has 1 aromatic carbocycles. The summed E-state index contributed by atoms with van der Waals surface area (Å²) >= 11 is 0. The Morgan fingerprint density at radius 2 is 2.10 bits per heavy atom. The molecule has 4 nitrogen and oxygen atoms in total. The van der Waals surface area contributed by atoms with E-state index >= 15 is 0 Å². The fourth-order valence-corrected chi connectivity index (χ4v) is 1.78. The van der Waals surface area contributed by atoms with E-state index in [4.69, 9.17) is 9.15 Å². The van der Waals surface area contributed by atoms with Crippen LogP contribution < -0.4 is 10.1 Å². The number of hydrogen-bond acceptors (Lipinski definition) is 3. The molecule has 2 aromatic rings. The van der Waals surface area contributed by atoms with Crippen LogP contribution in [0.25, 0.3) is 0 Å². The average molecular weight is 277 g/mol. The molecular formula is C15H16FNO3. The van der Waals surface area contributed by atoms with E-state index in [9.17, 15) is 9.18 Å².